The van der Waals surface area contributed by atoms with Gasteiger partial charge in [0.2, 0.25) is 0 Å². The van der Waals surface area contributed by atoms with E-state index in [1.807, 2.05) is 6.08 Å². The molecule has 3 N–H and O–H groups in total. The van der Waals surface area contributed by atoms with Crippen molar-refractivity contribution in [3.05, 3.63) is 47.5 Å². The van der Waals surface area contributed by atoms with Crippen LogP contribution in [0.3, 0.4) is 0 Å². The van der Waals surface area contributed by atoms with Crippen molar-refractivity contribution >= 4 is 5.84 Å². The second-order valence-electron chi connectivity index (χ2n) is 7.73. The summed E-state index contributed by atoms with van der Waals surface area (Å²) in [5.74, 6) is 1.08. The Morgan fingerprint density at radius 3 is 2.44 bits per heavy atom. The van der Waals surface area contributed by atoms with Crippen molar-refractivity contribution in [1.82, 2.24) is 10.2 Å². The van der Waals surface area contributed by atoms with Crippen molar-refractivity contribution in [2.24, 2.45) is 16.1 Å². The molecule has 3 rings (SSSR count). The standard InChI is InChI=1S/C20H27F3N4/c1-4-15(20(21,22)23)12-16(14(3)24)18-25-13(2)11-17(26-18)27-9-7-19(5-6-19)8-10-27/h4,11-12,14H,2,5-10,24H2,1,3H3,(H,25,26)/b15-4+,16-12-. The Morgan fingerprint density at radius 1 is 1.33 bits per heavy atom. The number of amidine groups is 1. The number of halogens is 3. The van der Waals surface area contributed by atoms with Crippen LogP contribution in [0.4, 0.5) is 13.2 Å². The van der Waals surface area contributed by atoms with Gasteiger partial charge in [0.1, 0.15) is 11.7 Å². The highest BCUT2D eigenvalue weighted by atomic mass is 19.4. The molecule has 1 unspecified atom stereocenters. The summed E-state index contributed by atoms with van der Waals surface area (Å²) in [6.07, 6.45) is 4.41. The molecule has 7 heteroatoms. The summed E-state index contributed by atoms with van der Waals surface area (Å²) >= 11 is 0. The Morgan fingerprint density at radius 2 is 1.96 bits per heavy atom. The van der Waals surface area contributed by atoms with Crippen LogP contribution in [-0.4, -0.2) is 36.0 Å². The van der Waals surface area contributed by atoms with E-state index in [9.17, 15) is 13.2 Å². The number of alkyl halides is 3. The van der Waals surface area contributed by atoms with Crippen LogP contribution in [0.5, 0.6) is 0 Å². The Bertz CT molecular complexity index is 727. The summed E-state index contributed by atoms with van der Waals surface area (Å²) in [6.45, 7) is 8.78. The number of piperidine rings is 1. The van der Waals surface area contributed by atoms with E-state index >= 15 is 0 Å². The van der Waals surface area contributed by atoms with Crippen LogP contribution in [0, 0.1) is 5.41 Å². The van der Waals surface area contributed by atoms with E-state index in [1.54, 1.807) is 6.92 Å². The predicted molar refractivity (Wildman–Crippen MR) is 102 cm³/mol. The van der Waals surface area contributed by atoms with E-state index in [4.69, 9.17) is 5.73 Å². The van der Waals surface area contributed by atoms with Crippen molar-refractivity contribution in [3.63, 3.8) is 0 Å². The van der Waals surface area contributed by atoms with Gasteiger partial charge in [0.25, 0.3) is 0 Å². The summed E-state index contributed by atoms with van der Waals surface area (Å²) in [4.78, 5) is 6.79. The third-order valence-electron chi connectivity index (χ3n) is 5.63. The minimum atomic E-state index is -4.44. The summed E-state index contributed by atoms with van der Waals surface area (Å²) in [5.41, 5.74) is 6.69. The molecule has 2 fully saturated rings. The van der Waals surface area contributed by atoms with E-state index in [2.05, 4.69) is 21.8 Å². The van der Waals surface area contributed by atoms with Crippen molar-refractivity contribution in [1.29, 1.82) is 0 Å². The number of aliphatic imine (C=N–C) groups is 1. The van der Waals surface area contributed by atoms with Crippen molar-refractivity contribution in [3.8, 4) is 0 Å². The van der Waals surface area contributed by atoms with Gasteiger partial charge in [-0.25, -0.2) is 4.99 Å². The van der Waals surface area contributed by atoms with Gasteiger partial charge < -0.3 is 16.0 Å². The van der Waals surface area contributed by atoms with Crippen LogP contribution in [0.2, 0.25) is 0 Å². The number of hydrogen-bond donors (Lipinski definition) is 2. The van der Waals surface area contributed by atoms with Gasteiger partial charge in [0.05, 0.1) is 5.57 Å². The lowest BCUT2D eigenvalue weighted by Crippen LogP contribution is -2.39. The third-order valence-corrected chi connectivity index (χ3v) is 5.63. The molecule has 0 aromatic rings. The Balaban J connectivity index is 1.87. The average Bonchev–Trinajstić information content (AvgIpc) is 3.33. The van der Waals surface area contributed by atoms with Crippen LogP contribution in [0.1, 0.15) is 39.5 Å². The smallest absolute Gasteiger partial charge is 0.356 e. The lowest BCUT2D eigenvalue weighted by Gasteiger charge is -2.35. The molecule has 0 aromatic carbocycles. The SMILES string of the molecule is C=C1C=C(N2CCC3(CC2)CC3)N=C(/C(=C\C(=C/C)C(F)(F)F)C(C)N)N1. The molecular weight excluding hydrogens is 353 g/mol. The lowest BCUT2D eigenvalue weighted by atomic mass is 9.94. The highest BCUT2D eigenvalue weighted by Gasteiger charge is 2.44. The Labute approximate surface area is 158 Å². The zero-order chi connectivity index (χ0) is 19.8. The normalized spacial score (nSPS) is 24.4. The molecule has 1 aliphatic carbocycles. The summed E-state index contributed by atoms with van der Waals surface area (Å²) in [6, 6.07) is -0.614. The van der Waals surface area contributed by atoms with E-state index in [0.717, 1.165) is 43.9 Å². The van der Waals surface area contributed by atoms with Crippen LogP contribution in [0.25, 0.3) is 0 Å². The van der Waals surface area contributed by atoms with Crippen LogP contribution < -0.4 is 11.1 Å². The molecule has 1 atom stereocenters. The lowest BCUT2D eigenvalue weighted by molar-refractivity contribution is -0.0883. The number of nitrogens with zero attached hydrogens (tertiary/aromatic N) is 2. The van der Waals surface area contributed by atoms with E-state index < -0.39 is 17.8 Å². The van der Waals surface area contributed by atoms with Crippen molar-refractivity contribution < 1.29 is 13.2 Å². The second kappa shape index (κ2) is 7.19. The maximum absolute atomic E-state index is 13.2. The fraction of sp³-hybridized carbons (Fsp3) is 0.550. The molecule has 0 radical (unpaired) electrons. The molecule has 0 bridgehead atoms. The van der Waals surface area contributed by atoms with Gasteiger partial charge in [0.15, 0.2) is 0 Å². The molecule has 2 heterocycles. The first-order valence-corrected chi connectivity index (χ1v) is 9.36. The van der Waals surface area contributed by atoms with Crippen LogP contribution in [-0.2, 0) is 0 Å². The summed E-state index contributed by atoms with van der Waals surface area (Å²) in [5, 5.41) is 2.99. The van der Waals surface area contributed by atoms with Gasteiger partial charge in [-0.3, -0.25) is 0 Å². The highest BCUT2D eigenvalue weighted by Crippen LogP contribution is 2.54. The molecule has 1 saturated heterocycles. The van der Waals surface area contributed by atoms with Gasteiger partial charge in [-0.1, -0.05) is 12.7 Å². The molecule has 0 aromatic heterocycles. The van der Waals surface area contributed by atoms with Gasteiger partial charge in [0, 0.05) is 36.5 Å². The number of likely N-dealkylation sites (tertiary alicyclic amines) is 1. The molecule has 1 spiro atoms. The fourth-order valence-corrected chi connectivity index (χ4v) is 3.62. The summed E-state index contributed by atoms with van der Waals surface area (Å²) < 4.78 is 39.5. The van der Waals surface area contributed by atoms with Crippen molar-refractivity contribution in [2.45, 2.75) is 51.7 Å². The maximum Gasteiger partial charge on any atom is 0.416 e. The highest BCUT2D eigenvalue weighted by molar-refractivity contribution is 6.02. The first-order chi connectivity index (χ1) is 12.6. The van der Waals surface area contributed by atoms with Crippen LogP contribution >= 0.6 is 0 Å². The molecular formula is C20H27F3N4. The van der Waals surface area contributed by atoms with E-state index in [0.29, 0.717) is 22.5 Å². The minimum Gasteiger partial charge on any atom is -0.356 e. The van der Waals surface area contributed by atoms with Gasteiger partial charge in [-0.05, 0) is 51.0 Å². The number of rotatable bonds is 4. The largest absolute Gasteiger partial charge is 0.416 e. The number of nitrogens with two attached hydrogens (primary N) is 1. The van der Waals surface area contributed by atoms with E-state index in [-0.39, 0.29) is 0 Å². The van der Waals surface area contributed by atoms with Crippen LogP contribution in [0.15, 0.2) is 52.5 Å². The first-order valence-electron chi connectivity index (χ1n) is 9.36. The molecule has 1 saturated carbocycles. The topological polar surface area (TPSA) is 53.6 Å². The molecule has 0 amide bonds. The summed E-state index contributed by atoms with van der Waals surface area (Å²) in [7, 11) is 0. The van der Waals surface area contributed by atoms with Gasteiger partial charge >= 0.3 is 6.18 Å². The zero-order valence-corrected chi connectivity index (χ0v) is 15.9. The Hall–Kier alpha value is -2.02. The number of hydrogen-bond acceptors (Lipinski definition) is 4. The molecule has 2 aliphatic heterocycles. The predicted octanol–water partition coefficient (Wildman–Crippen LogP) is 4.00. The quantitative estimate of drug-likeness (QED) is 0.725. The average molecular weight is 380 g/mol. The first kappa shape index (κ1) is 19.7. The fourth-order valence-electron chi connectivity index (χ4n) is 3.62. The number of nitrogens with one attached hydrogen (secondary N) is 1. The monoisotopic (exact) mass is 380 g/mol. The second-order valence-corrected chi connectivity index (χ2v) is 7.73. The van der Waals surface area contributed by atoms with Crippen molar-refractivity contribution in [2.75, 3.05) is 13.1 Å². The van der Waals surface area contributed by atoms with Gasteiger partial charge in [-0.2, -0.15) is 13.2 Å². The molecule has 148 valence electrons. The zero-order valence-electron chi connectivity index (χ0n) is 15.9. The Kier molecular flexibility index (Phi) is 5.25. The maximum atomic E-state index is 13.2. The molecule has 3 aliphatic rings. The molecule has 27 heavy (non-hydrogen) atoms. The third kappa shape index (κ3) is 4.46. The number of allylic oxidation sites excluding steroid dienone is 4. The minimum absolute atomic E-state index is 0.308. The molecule has 4 nitrogen and oxygen atoms in total. The van der Waals surface area contributed by atoms with E-state index in [1.165, 1.54) is 19.8 Å². The van der Waals surface area contributed by atoms with Gasteiger partial charge in [-0.15, -0.1) is 0 Å².